The Hall–Kier alpha value is -1.69. The molecule has 0 aliphatic rings. The van der Waals surface area contributed by atoms with Gasteiger partial charge < -0.3 is 10.1 Å². The Morgan fingerprint density at radius 3 is 2.35 bits per heavy atom. The lowest BCUT2D eigenvalue weighted by Crippen LogP contribution is -2.03. The van der Waals surface area contributed by atoms with Gasteiger partial charge in [0.2, 0.25) is 0 Å². The minimum atomic E-state index is -1.47. The molecule has 0 heterocycles. The molecule has 0 saturated heterocycles. The van der Waals surface area contributed by atoms with Gasteiger partial charge in [-0.25, -0.2) is 13.2 Å². The lowest BCUT2D eigenvalue weighted by atomic mass is 10.2. The molecule has 0 saturated carbocycles. The van der Waals surface area contributed by atoms with E-state index in [1.165, 1.54) is 0 Å². The molecular formula is C14H11BrF3NO. The first-order valence-electron chi connectivity index (χ1n) is 5.72. The van der Waals surface area contributed by atoms with E-state index >= 15 is 0 Å². The van der Waals surface area contributed by atoms with E-state index in [2.05, 4.69) is 21.2 Å². The van der Waals surface area contributed by atoms with E-state index < -0.39 is 17.5 Å². The SMILES string of the molecule is COc1ccc(Br)c(CNc2cc(F)c(F)c(F)c2)c1. The third-order valence-corrected chi connectivity index (χ3v) is 3.49. The van der Waals surface area contributed by atoms with Crippen LogP contribution in [0, 0.1) is 17.5 Å². The summed E-state index contributed by atoms with van der Waals surface area (Å²) in [7, 11) is 1.55. The van der Waals surface area contributed by atoms with Gasteiger partial charge in [0.15, 0.2) is 17.5 Å². The van der Waals surface area contributed by atoms with Crippen LogP contribution in [0.2, 0.25) is 0 Å². The number of ether oxygens (including phenoxy) is 1. The number of nitrogens with one attached hydrogen (secondary N) is 1. The van der Waals surface area contributed by atoms with E-state index in [0.29, 0.717) is 12.3 Å². The molecule has 0 unspecified atom stereocenters. The van der Waals surface area contributed by atoms with Gasteiger partial charge in [-0.1, -0.05) is 15.9 Å². The quantitative estimate of drug-likeness (QED) is 0.824. The number of anilines is 1. The molecule has 0 bridgehead atoms. The number of hydrogen-bond acceptors (Lipinski definition) is 2. The van der Waals surface area contributed by atoms with Crippen LogP contribution in [-0.4, -0.2) is 7.11 Å². The van der Waals surface area contributed by atoms with Crippen molar-refractivity contribution in [3.63, 3.8) is 0 Å². The zero-order valence-electron chi connectivity index (χ0n) is 10.5. The summed E-state index contributed by atoms with van der Waals surface area (Å²) >= 11 is 3.37. The van der Waals surface area contributed by atoms with E-state index in [0.717, 1.165) is 22.2 Å². The summed E-state index contributed by atoms with van der Waals surface area (Å²) in [6.07, 6.45) is 0. The molecule has 0 aromatic heterocycles. The van der Waals surface area contributed by atoms with Crippen molar-refractivity contribution in [1.29, 1.82) is 0 Å². The molecule has 0 aliphatic carbocycles. The van der Waals surface area contributed by atoms with Crippen molar-refractivity contribution in [2.45, 2.75) is 6.54 Å². The van der Waals surface area contributed by atoms with Crippen LogP contribution in [0.1, 0.15) is 5.56 Å². The Morgan fingerprint density at radius 1 is 1.10 bits per heavy atom. The van der Waals surface area contributed by atoms with Crippen LogP contribution in [0.4, 0.5) is 18.9 Å². The van der Waals surface area contributed by atoms with Crippen LogP contribution in [0.15, 0.2) is 34.8 Å². The fraction of sp³-hybridized carbons (Fsp3) is 0.143. The largest absolute Gasteiger partial charge is 0.497 e. The first kappa shape index (κ1) is 14.7. The van der Waals surface area contributed by atoms with Gasteiger partial charge in [0.25, 0.3) is 0 Å². The van der Waals surface area contributed by atoms with Crippen molar-refractivity contribution in [2.24, 2.45) is 0 Å². The normalized spacial score (nSPS) is 10.4. The van der Waals surface area contributed by atoms with Crippen LogP contribution in [0.25, 0.3) is 0 Å². The molecule has 20 heavy (non-hydrogen) atoms. The Kier molecular flexibility index (Phi) is 4.54. The fourth-order valence-electron chi connectivity index (χ4n) is 1.67. The standard InChI is InChI=1S/C14H11BrF3NO/c1-20-10-2-3-11(15)8(4-10)7-19-9-5-12(16)14(18)13(17)6-9/h2-6,19H,7H2,1H3. The summed E-state index contributed by atoms with van der Waals surface area (Å²) in [5, 5.41) is 2.83. The summed E-state index contributed by atoms with van der Waals surface area (Å²) in [6, 6.07) is 7.19. The fourth-order valence-corrected chi connectivity index (χ4v) is 2.06. The molecule has 2 aromatic carbocycles. The van der Waals surface area contributed by atoms with Crippen molar-refractivity contribution in [3.05, 3.63) is 57.8 Å². The Morgan fingerprint density at radius 2 is 1.75 bits per heavy atom. The number of methoxy groups -OCH3 is 1. The zero-order chi connectivity index (χ0) is 14.7. The molecule has 0 spiro atoms. The third-order valence-electron chi connectivity index (χ3n) is 2.72. The van der Waals surface area contributed by atoms with Crippen molar-refractivity contribution < 1.29 is 17.9 Å². The van der Waals surface area contributed by atoms with Crippen LogP contribution in [0.3, 0.4) is 0 Å². The van der Waals surface area contributed by atoms with E-state index in [9.17, 15) is 13.2 Å². The number of hydrogen-bond donors (Lipinski definition) is 1. The van der Waals surface area contributed by atoms with Crippen LogP contribution in [-0.2, 0) is 6.54 Å². The smallest absolute Gasteiger partial charge is 0.194 e. The van der Waals surface area contributed by atoms with E-state index in [1.807, 2.05) is 6.07 Å². The second-order valence-electron chi connectivity index (χ2n) is 4.06. The highest BCUT2D eigenvalue weighted by molar-refractivity contribution is 9.10. The molecule has 0 radical (unpaired) electrons. The van der Waals surface area contributed by atoms with E-state index in [-0.39, 0.29) is 5.69 Å². The molecule has 1 N–H and O–H groups in total. The van der Waals surface area contributed by atoms with Gasteiger partial charge in [-0.2, -0.15) is 0 Å². The van der Waals surface area contributed by atoms with Gasteiger partial charge in [-0.15, -0.1) is 0 Å². The van der Waals surface area contributed by atoms with Crippen molar-refractivity contribution >= 4 is 21.6 Å². The average Bonchev–Trinajstić information content (AvgIpc) is 2.43. The number of benzene rings is 2. The highest BCUT2D eigenvalue weighted by atomic mass is 79.9. The average molecular weight is 346 g/mol. The first-order chi connectivity index (χ1) is 9.51. The van der Waals surface area contributed by atoms with Gasteiger partial charge in [0.05, 0.1) is 7.11 Å². The highest BCUT2D eigenvalue weighted by Crippen LogP contribution is 2.24. The number of halogens is 4. The highest BCUT2D eigenvalue weighted by Gasteiger charge is 2.10. The van der Waals surface area contributed by atoms with Crippen LogP contribution >= 0.6 is 15.9 Å². The molecule has 0 fully saturated rings. The third kappa shape index (κ3) is 3.25. The topological polar surface area (TPSA) is 21.3 Å². The molecule has 2 aromatic rings. The lowest BCUT2D eigenvalue weighted by molar-refractivity contribution is 0.414. The van der Waals surface area contributed by atoms with Gasteiger partial charge in [0.1, 0.15) is 5.75 Å². The zero-order valence-corrected chi connectivity index (χ0v) is 12.1. The molecule has 2 rings (SSSR count). The minimum absolute atomic E-state index is 0.163. The van der Waals surface area contributed by atoms with Crippen molar-refractivity contribution in [1.82, 2.24) is 0 Å². The number of rotatable bonds is 4. The molecule has 0 aliphatic heterocycles. The van der Waals surface area contributed by atoms with Gasteiger partial charge >= 0.3 is 0 Å². The maximum Gasteiger partial charge on any atom is 0.194 e. The molecule has 2 nitrogen and oxygen atoms in total. The maximum absolute atomic E-state index is 13.1. The molecule has 106 valence electrons. The second-order valence-corrected chi connectivity index (χ2v) is 4.92. The molecular weight excluding hydrogens is 335 g/mol. The van der Waals surface area contributed by atoms with E-state index in [4.69, 9.17) is 4.74 Å². The molecule has 0 atom stereocenters. The van der Waals surface area contributed by atoms with Crippen molar-refractivity contribution in [2.75, 3.05) is 12.4 Å². The Balaban J connectivity index is 2.16. The predicted molar refractivity (Wildman–Crippen MR) is 74.3 cm³/mol. The first-order valence-corrected chi connectivity index (χ1v) is 6.51. The minimum Gasteiger partial charge on any atom is -0.497 e. The van der Waals surface area contributed by atoms with E-state index in [1.54, 1.807) is 19.2 Å². The Bertz CT molecular complexity index is 611. The molecule has 6 heteroatoms. The van der Waals surface area contributed by atoms with Crippen LogP contribution in [0.5, 0.6) is 5.75 Å². The summed E-state index contributed by atoms with van der Waals surface area (Å²) in [5.41, 5.74) is 1.01. The summed E-state index contributed by atoms with van der Waals surface area (Å²) in [6.45, 7) is 0.308. The van der Waals surface area contributed by atoms with Gasteiger partial charge in [0, 0.05) is 28.8 Å². The van der Waals surface area contributed by atoms with Gasteiger partial charge in [-0.3, -0.25) is 0 Å². The Labute approximate surface area is 122 Å². The summed E-state index contributed by atoms with van der Waals surface area (Å²) in [4.78, 5) is 0. The van der Waals surface area contributed by atoms with Crippen molar-refractivity contribution in [3.8, 4) is 5.75 Å². The van der Waals surface area contributed by atoms with Gasteiger partial charge in [-0.05, 0) is 23.8 Å². The monoisotopic (exact) mass is 345 g/mol. The second kappa shape index (κ2) is 6.17. The summed E-state index contributed by atoms with van der Waals surface area (Å²) in [5.74, 6) is -3.26. The summed E-state index contributed by atoms with van der Waals surface area (Å²) < 4.78 is 44.9. The molecule has 0 amide bonds. The maximum atomic E-state index is 13.1. The van der Waals surface area contributed by atoms with Crippen LogP contribution < -0.4 is 10.1 Å². The predicted octanol–water partition coefficient (Wildman–Crippen LogP) is 4.49. The lowest BCUT2D eigenvalue weighted by Gasteiger charge is -2.10.